The molecule has 1 aromatic rings. The van der Waals surface area contributed by atoms with Crippen LogP contribution in [0.15, 0.2) is 4.52 Å². The van der Waals surface area contributed by atoms with Gasteiger partial charge in [0, 0.05) is 19.7 Å². The predicted molar refractivity (Wildman–Crippen MR) is 67.6 cm³/mol. The first-order valence-corrected chi connectivity index (χ1v) is 7.14. The van der Waals surface area contributed by atoms with Crippen LogP contribution in [0.4, 0.5) is 0 Å². The molecule has 19 heavy (non-hydrogen) atoms. The van der Waals surface area contributed by atoms with E-state index in [1.807, 2.05) is 6.92 Å². The number of morpholine rings is 1. The van der Waals surface area contributed by atoms with Crippen molar-refractivity contribution in [3.63, 3.8) is 0 Å². The normalized spacial score (nSPS) is 26.7. The van der Waals surface area contributed by atoms with Crippen molar-refractivity contribution in [2.24, 2.45) is 0 Å². The van der Waals surface area contributed by atoms with Crippen LogP contribution in [0.2, 0.25) is 0 Å². The van der Waals surface area contributed by atoms with Gasteiger partial charge in [-0.3, -0.25) is 0 Å². The van der Waals surface area contributed by atoms with Crippen molar-refractivity contribution >= 4 is 0 Å². The number of rotatable bonds is 4. The fourth-order valence-corrected chi connectivity index (χ4v) is 2.93. The van der Waals surface area contributed by atoms with E-state index in [4.69, 9.17) is 14.0 Å². The summed E-state index contributed by atoms with van der Waals surface area (Å²) in [4.78, 5) is 4.54. The maximum Gasteiger partial charge on any atom is 0.257 e. The van der Waals surface area contributed by atoms with Crippen LogP contribution >= 0.6 is 0 Å². The molecule has 6 heteroatoms. The molecular weight excluding hydrogens is 246 g/mol. The highest BCUT2D eigenvalue weighted by Gasteiger charge is 2.41. The Morgan fingerprint density at radius 3 is 2.95 bits per heavy atom. The van der Waals surface area contributed by atoms with Gasteiger partial charge in [0.1, 0.15) is 11.7 Å². The van der Waals surface area contributed by atoms with Gasteiger partial charge in [0.25, 0.3) is 5.89 Å². The van der Waals surface area contributed by atoms with Crippen LogP contribution in [0.25, 0.3) is 0 Å². The van der Waals surface area contributed by atoms with Crippen molar-refractivity contribution in [2.45, 2.75) is 44.3 Å². The lowest BCUT2D eigenvalue weighted by atomic mass is 10.0. The molecule has 2 aliphatic rings. The van der Waals surface area contributed by atoms with E-state index >= 15 is 0 Å². The van der Waals surface area contributed by atoms with Crippen molar-refractivity contribution in [1.29, 1.82) is 0 Å². The SMILES string of the molecule is CCOC1(c2noc(C3CNCCO3)n2)CCCC1. The average molecular weight is 267 g/mol. The summed E-state index contributed by atoms with van der Waals surface area (Å²) in [6, 6.07) is 0. The molecule has 2 heterocycles. The van der Waals surface area contributed by atoms with E-state index in [0.29, 0.717) is 24.9 Å². The molecule has 1 aromatic heterocycles. The molecule has 0 aromatic carbocycles. The third kappa shape index (κ3) is 2.52. The summed E-state index contributed by atoms with van der Waals surface area (Å²) in [5.41, 5.74) is -0.335. The van der Waals surface area contributed by atoms with Crippen LogP contribution in [0.1, 0.15) is 50.4 Å². The van der Waals surface area contributed by atoms with Gasteiger partial charge in [0.15, 0.2) is 0 Å². The molecule has 1 atom stereocenters. The van der Waals surface area contributed by atoms with Crippen LogP contribution in [0, 0.1) is 0 Å². The Labute approximate surface area is 112 Å². The maximum absolute atomic E-state index is 5.94. The number of nitrogens with zero attached hydrogens (tertiary/aromatic N) is 2. The zero-order valence-corrected chi connectivity index (χ0v) is 11.4. The summed E-state index contributed by atoms with van der Waals surface area (Å²) in [7, 11) is 0. The second-order valence-corrected chi connectivity index (χ2v) is 5.15. The Bertz CT molecular complexity index is 409. The van der Waals surface area contributed by atoms with Crippen LogP contribution in [-0.4, -0.2) is 36.4 Å². The Morgan fingerprint density at radius 2 is 2.26 bits per heavy atom. The molecule has 0 bridgehead atoms. The Morgan fingerprint density at radius 1 is 1.42 bits per heavy atom. The van der Waals surface area contributed by atoms with E-state index in [9.17, 15) is 0 Å². The van der Waals surface area contributed by atoms with Crippen LogP contribution < -0.4 is 5.32 Å². The Balaban J connectivity index is 1.79. The van der Waals surface area contributed by atoms with E-state index in [1.165, 1.54) is 0 Å². The van der Waals surface area contributed by atoms with Gasteiger partial charge >= 0.3 is 0 Å². The standard InChI is InChI=1S/C13H21N3O3/c1-2-18-13(5-3-4-6-13)12-15-11(19-16-12)10-9-14-7-8-17-10/h10,14H,2-9H2,1H3. The summed E-state index contributed by atoms with van der Waals surface area (Å²) < 4.78 is 17.0. The van der Waals surface area contributed by atoms with E-state index in [-0.39, 0.29) is 11.7 Å². The van der Waals surface area contributed by atoms with Crippen LogP contribution in [-0.2, 0) is 15.1 Å². The van der Waals surface area contributed by atoms with Gasteiger partial charge in [-0.25, -0.2) is 0 Å². The lowest BCUT2D eigenvalue weighted by molar-refractivity contribution is -0.0469. The second-order valence-electron chi connectivity index (χ2n) is 5.15. The Hall–Kier alpha value is -0.980. The summed E-state index contributed by atoms with van der Waals surface area (Å²) >= 11 is 0. The summed E-state index contributed by atoms with van der Waals surface area (Å²) in [6.07, 6.45) is 4.14. The van der Waals surface area contributed by atoms with E-state index < -0.39 is 0 Å². The van der Waals surface area contributed by atoms with Crippen LogP contribution in [0.5, 0.6) is 0 Å². The molecule has 0 spiro atoms. The fourth-order valence-electron chi connectivity index (χ4n) is 2.93. The van der Waals surface area contributed by atoms with Crippen LogP contribution in [0.3, 0.4) is 0 Å². The van der Waals surface area contributed by atoms with Gasteiger partial charge in [-0.05, 0) is 32.6 Å². The molecule has 1 saturated heterocycles. The summed E-state index contributed by atoms with van der Waals surface area (Å²) in [5.74, 6) is 1.25. The van der Waals surface area contributed by atoms with Gasteiger partial charge in [-0.1, -0.05) is 5.16 Å². The van der Waals surface area contributed by atoms with Gasteiger partial charge < -0.3 is 19.3 Å². The van der Waals surface area contributed by atoms with Crippen molar-refractivity contribution in [3.05, 3.63) is 11.7 Å². The quantitative estimate of drug-likeness (QED) is 0.892. The number of ether oxygens (including phenoxy) is 2. The molecule has 1 aliphatic heterocycles. The monoisotopic (exact) mass is 267 g/mol. The molecular formula is C13H21N3O3. The molecule has 0 radical (unpaired) electrons. The van der Waals surface area contributed by atoms with E-state index in [2.05, 4.69) is 15.5 Å². The van der Waals surface area contributed by atoms with E-state index in [1.54, 1.807) is 0 Å². The predicted octanol–water partition coefficient (Wildman–Crippen LogP) is 1.54. The lowest BCUT2D eigenvalue weighted by Gasteiger charge is -2.25. The first kappa shape index (κ1) is 13.0. The number of aromatic nitrogens is 2. The van der Waals surface area contributed by atoms with Crippen molar-refractivity contribution in [1.82, 2.24) is 15.5 Å². The number of hydrogen-bond donors (Lipinski definition) is 1. The van der Waals surface area contributed by atoms with Gasteiger partial charge in [-0.2, -0.15) is 4.98 Å². The zero-order chi connectivity index (χ0) is 13.1. The minimum Gasteiger partial charge on any atom is -0.367 e. The number of hydrogen-bond acceptors (Lipinski definition) is 6. The molecule has 0 amide bonds. The highest BCUT2D eigenvalue weighted by molar-refractivity contribution is 5.05. The van der Waals surface area contributed by atoms with Crippen molar-refractivity contribution in [3.8, 4) is 0 Å². The topological polar surface area (TPSA) is 69.4 Å². The molecule has 106 valence electrons. The third-order valence-corrected chi connectivity index (χ3v) is 3.88. The third-order valence-electron chi connectivity index (χ3n) is 3.88. The molecule has 1 unspecified atom stereocenters. The molecule has 2 fully saturated rings. The highest BCUT2D eigenvalue weighted by atomic mass is 16.5. The minimum absolute atomic E-state index is 0.130. The molecule has 6 nitrogen and oxygen atoms in total. The van der Waals surface area contributed by atoms with Gasteiger partial charge in [-0.15, -0.1) is 0 Å². The maximum atomic E-state index is 5.94. The second kappa shape index (κ2) is 5.56. The van der Waals surface area contributed by atoms with Gasteiger partial charge in [0.05, 0.1) is 6.61 Å². The smallest absolute Gasteiger partial charge is 0.257 e. The molecule has 1 N–H and O–H groups in total. The molecule has 1 saturated carbocycles. The molecule has 1 aliphatic carbocycles. The number of nitrogens with one attached hydrogen (secondary N) is 1. The largest absolute Gasteiger partial charge is 0.367 e. The fraction of sp³-hybridized carbons (Fsp3) is 0.846. The lowest BCUT2D eigenvalue weighted by Crippen LogP contribution is -2.33. The minimum atomic E-state index is -0.335. The Kier molecular flexibility index (Phi) is 3.81. The van der Waals surface area contributed by atoms with Crippen molar-refractivity contribution in [2.75, 3.05) is 26.3 Å². The first-order chi connectivity index (χ1) is 9.34. The zero-order valence-electron chi connectivity index (χ0n) is 11.4. The summed E-state index contributed by atoms with van der Waals surface area (Å²) in [5, 5.41) is 7.41. The average Bonchev–Trinajstić information content (AvgIpc) is 3.09. The van der Waals surface area contributed by atoms with Crippen molar-refractivity contribution < 1.29 is 14.0 Å². The summed E-state index contributed by atoms with van der Waals surface area (Å²) in [6.45, 7) is 4.96. The van der Waals surface area contributed by atoms with E-state index in [0.717, 1.165) is 38.8 Å². The highest BCUT2D eigenvalue weighted by Crippen LogP contribution is 2.41. The van der Waals surface area contributed by atoms with Gasteiger partial charge in [0.2, 0.25) is 5.82 Å². The first-order valence-electron chi connectivity index (χ1n) is 7.14. The molecule has 3 rings (SSSR count).